The summed E-state index contributed by atoms with van der Waals surface area (Å²) in [6.07, 6.45) is -1.02. The van der Waals surface area contributed by atoms with Crippen LogP contribution in [0.2, 0.25) is 5.02 Å². The second kappa shape index (κ2) is 6.72. The minimum atomic E-state index is -1.02. The number of imide groups is 1. The molecule has 0 N–H and O–H groups in total. The second-order valence-corrected chi connectivity index (χ2v) is 6.28. The maximum atomic E-state index is 12.3. The summed E-state index contributed by atoms with van der Waals surface area (Å²) in [5, 5.41) is 0.494. The van der Waals surface area contributed by atoms with Crippen molar-refractivity contribution in [3.63, 3.8) is 0 Å². The molecule has 0 saturated carbocycles. The lowest BCUT2D eigenvalue weighted by molar-refractivity contribution is 0.0318. The molecule has 1 aliphatic rings. The number of carbonyl (C=O) groups excluding carboxylic acids is 4. The van der Waals surface area contributed by atoms with Gasteiger partial charge in [-0.05, 0) is 49.4 Å². The number of halogens is 1. The molecule has 7 heteroatoms. The van der Waals surface area contributed by atoms with E-state index >= 15 is 0 Å². The lowest BCUT2D eigenvalue weighted by Gasteiger charge is -2.12. The van der Waals surface area contributed by atoms with Crippen molar-refractivity contribution < 1.29 is 23.9 Å². The summed E-state index contributed by atoms with van der Waals surface area (Å²) in [5.74, 6) is -2.03. The Morgan fingerprint density at radius 2 is 1.54 bits per heavy atom. The number of esters is 1. The van der Waals surface area contributed by atoms with Gasteiger partial charge in [0.05, 0.1) is 16.7 Å². The van der Waals surface area contributed by atoms with Gasteiger partial charge in [0.2, 0.25) is 5.78 Å². The van der Waals surface area contributed by atoms with Crippen LogP contribution < -0.4 is 0 Å². The Morgan fingerprint density at radius 3 is 2.19 bits per heavy atom. The number of benzene rings is 2. The molecule has 0 fully saturated rings. The van der Waals surface area contributed by atoms with E-state index in [1.807, 2.05) is 0 Å². The van der Waals surface area contributed by atoms with Crippen molar-refractivity contribution in [1.29, 1.82) is 0 Å². The number of hydrogen-bond acceptors (Lipinski definition) is 5. The van der Waals surface area contributed by atoms with Crippen molar-refractivity contribution >= 4 is 35.2 Å². The molecule has 0 aromatic heterocycles. The molecule has 0 bridgehead atoms. The van der Waals surface area contributed by atoms with Gasteiger partial charge in [0.15, 0.2) is 6.10 Å². The van der Waals surface area contributed by atoms with Gasteiger partial charge >= 0.3 is 5.97 Å². The van der Waals surface area contributed by atoms with Crippen LogP contribution in [-0.2, 0) is 4.74 Å². The second-order valence-electron chi connectivity index (χ2n) is 5.85. The average molecular weight is 372 g/mol. The fraction of sp³-hybridized carbons (Fsp3) is 0.158. The van der Waals surface area contributed by atoms with E-state index in [1.165, 1.54) is 32.2 Å². The first-order valence-corrected chi connectivity index (χ1v) is 8.14. The minimum Gasteiger partial charge on any atom is -0.451 e. The smallest absolute Gasteiger partial charge is 0.338 e. The van der Waals surface area contributed by atoms with E-state index in [4.69, 9.17) is 16.3 Å². The molecule has 2 amide bonds. The van der Waals surface area contributed by atoms with Crippen molar-refractivity contribution in [3.8, 4) is 0 Å². The minimum absolute atomic E-state index is 0.0935. The van der Waals surface area contributed by atoms with Crippen molar-refractivity contribution in [3.05, 3.63) is 69.7 Å². The molecule has 26 heavy (non-hydrogen) atoms. The highest BCUT2D eigenvalue weighted by molar-refractivity contribution is 6.30. The Labute approximate surface area is 154 Å². The van der Waals surface area contributed by atoms with Crippen LogP contribution in [0.3, 0.4) is 0 Å². The van der Waals surface area contributed by atoms with Gasteiger partial charge in [-0.15, -0.1) is 0 Å². The lowest BCUT2D eigenvalue weighted by Crippen LogP contribution is -2.24. The highest BCUT2D eigenvalue weighted by Gasteiger charge is 2.33. The number of amides is 2. The van der Waals surface area contributed by atoms with Crippen molar-refractivity contribution in [2.75, 3.05) is 7.05 Å². The molecular formula is C19H14ClNO5. The van der Waals surface area contributed by atoms with Gasteiger partial charge in [-0.3, -0.25) is 19.3 Å². The maximum Gasteiger partial charge on any atom is 0.338 e. The number of ether oxygens (including phenoxy) is 1. The zero-order chi connectivity index (χ0) is 19.0. The Hall–Kier alpha value is -2.99. The first-order chi connectivity index (χ1) is 12.3. The van der Waals surface area contributed by atoms with Gasteiger partial charge in [0, 0.05) is 17.6 Å². The molecule has 1 heterocycles. The number of ketones is 1. The monoisotopic (exact) mass is 371 g/mol. The summed E-state index contributed by atoms with van der Waals surface area (Å²) in [6, 6.07) is 10.3. The predicted molar refractivity (Wildman–Crippen MR) is 93.5 cm³/mol. The van der Waals surface area contributed by atoms with Gasteiger partial charge in [-0.1, -0.05) is 11.6 Å². The van der Waals surface area contributed by atoms with Crippen LogP contribution in [0.15, 0.2) is 42.5 Å². The lowest BCUT2D eigenvalue weighted by atomic mass is 10.1. The Bertz CT molecular complexity index is 935. The van der Waals surface area contributed by atoms with Crippen LogP contribution in [0.1, 0.15) is 48.4 Å². The van der Waals surface area contributed by atoms with E-state index in [1.54, 1.807) is 24.3 Å². The zero-order valence-electron chi connectivity index (χ0n) is 14.0. The molecule has 0 saturated heterocycles. The van der Waals surface area contributed by atoms with Gasteiger partial charge in [-0.25, -0.2) is 4.79 Å². The molecule has 0 spiro atoms. The molecule has 0 aliphatic carbocycles. The van der Waals surface area contributed by atoms with Crippen LogP contribution in [0.4, 0.5) is 0 Å². The summed E-state index contributed by atoms with van der Waals surface area (Å²) in [5.41, 5.74) is 0.838. The summed E-state index contributed by atoms with van der Waals surface area (Å²) in [6.45, 7) is 1.46. The summed E-state index contributed by atoms with van der Waals surface area (Å²) in [7, 11) is 1.37. The summed E-state index contributed by atoms with van der Waals surface area (Å²) < 4.78 is 5.20. The van der Waals surface area contributed by atoms with Gasteiger partial charge in [-0.2, -0.15) is 0 Å². The van der Waals surface area contributed by atoms with Crippen molar-refractivity contribution in [1.82, 2.24) is 4.90 Å². The topological polar surface area (TPSA) is 80.8 Å². The summed E-state index contributed by atoms with van der Waals surface area (Å²) in [4.78, 5) is 49.5. The zero-order valence-corrected chi connectivity index (χ0v) is 14.7. The first kappa shape index (κ1) is 17.8. The van der Waals surface area contributed by atoms with Gasteiger partial charge in [0.1, 0.15) is 0 Å². The molecule has 132 valence electrons. The van der Waals surface area contributed by atoms with Crippen LogP contribution in [0, 0.1) is 0 Å². The molecule has 0 unspecified atom stereocenters. The van der Waals surface area contributed by atoms with E-state index < -0.39 is 23.9 Å². The summed E-state index contributed by atoms with van der Waals surface area (Å²) >= 11 is 5.79. The maximum absolute atomic E-state index is 12.3. The number of fused-ring (bicyclic) bond motifs is 1. The van der Waals surface area contributed by atoms with E-state index in [0.717, 1.165) is 4.90 Å². The third-order valence-electron chi connectivity index (χ3n) is 4.11. The quantitative estimate of drug-likeness (QED) is 0.469. The Kier molecular flexibility index (Phi) is 4.61. The number of nitrogens with zero attached hydrogens (tertiary/aromatic N) is 1. The third-order valence-corrected chi connectivity index (χ3v) is 4.36. The Morgan fingerprint density at radius 1 is 0.962 bits per heavy atom. The highest BCUT2D eigenvalue weighted by atomic mass is 35.5. The van der Waals surface area contributed by atoms with Crippen LogP contribution >= 0.6 is 11.6 Å². The number of Topliss-reactive ketones (excluding diaryl/α,β-unsaturated/α-hetero) is 1. The highest BCUT2D eigenvalue weighted by Crippen LogP contribution is 2.23. The predicted octanol–water partition coefficient (Wildman–Crippen LogP) is 2.99. The average Bonchev–Trinajstić information content (AvgIpc) is 2.85. The largest absolute Gasteiger partial charge is 0.451 e. The molecular weight excluding hydrogens is 358 g/mol. The Balaban J connectivity index is 1.76. The molecule has 2 aromatic carbocycles. The van der Waals surface area contributed by atoms with Gasteiger partial charge in [0.25, 0.3) is 11.8 Å². The third kappa shape index (κ3) is 3.11. The van der Waals surface area contributed by atoms with E-state index in [9.17, 15) is 19.2 Å². The standard InChI is InChI=1S/C19H14ClNO5/c1-10(16(22)11-3-6-13(20)7-4-11)26-19(25)12-5-8-14-15(9-12)18(24)21(2)17(14)23/h3-10H,1-2H3/t10-/m1/s1. The van der Waals surface area contributed by atoms with Crippen molar-refractivity contribution in [2.45, 2.75) is 13.0 Å². The van der Waals surface area contributed by atoms with Crippen LogP contribution in [-0.4, -0.2) is 41.6 Å². The van der Waals surface area contributed by atoms with E-state index in [-0.39, 0.29) is 22.5 Å². The molecule has 3 rings (SSSR count). The SMILES string of the molecule is C[C@@H](OC(=O)c1ccc2c(c1)C(=O)N(C)C2=O)C(=O)c1ccc(Cl)cc1. The van der Waals surface area contributed by atoms with Crippen LogP contribution in [0.25, 0.3) is 0 Å². The number of hydrogen-bond donors (Lipinski definition) is 0. The fourth-order valence-corrected chi connectivity index (χ4v) is 2.75. The van der Waals surface area contributed by atoms with Crippen LogP contribution in [0.5, 0.6) is 0 Å². The molecule has 1 atom stereocenters. The molecule has 1 aliphatic heterocycles. The fourth-order valence-electron chi connectivity index (χ4n) is 2.62. The first-order valence-electron chi connectivity index (χ1n) is 7.77. The van der Waals surface area contributed by atoms with Gasteiger partial charge < -0.3 is 4.74 Å². The normalized spacial score (nSPS) is 14.2. The van der Waals surface area contributed by atoms with E-state index in [0.29, 0.717) is 10.6 Å². The number of rotatable bonds is 4. The number of carbonyl (C=O) groups is 4. The van der Waals surface area contributed by atoms with Crippen molar-refractivity contribution in [2.24, 2.45) is 0 Å². The molecule has 6 nitrogen and oxygen atoms in total. The molecule has 2 aromatic rings. The molecule has 0 radical (unpaired) electrons. The van der Waals surface area contributed by atoms with E-state index in [2.05, 4.69) is 0 Å².